The molecule has 0 radical (unpaired) electrons. The quantitative estimate of drug-likeness (QED) is 0.833. The van der Waals surface area contributed by atoms with Crippen molar-refractivity contribution in [1.82, 2.24) is 9.78 Å². The Hall–Kier alpha value is -1.16. The van der Waals surface area contributed by atoms with Gasteiger partial charge in [0.1, 0.15) is 5.78 Å². The zero-order valence-electron chi connectivity index (χ0n) is 12.6. The third-order valence-electron chi connectivity index (χ3n) is 4.14. The van der Waals surface area contributed by atoms with Crippen molar-refractivity contribution in [1.29, 1.82) is 0 Å². The van der Waals surface area contributed by atoms with Gasteiger partial charge in [0.15, 0.2) is 0 Å². The van der Waals surface area contributed by atoms with Gasteiger partial charge in [-0.3, -0.25) is 9.48 Å². The molecule has 1 heterocycles. The van der Waals surface area contributed by atoms with E-state index in [4.69, 9.17) is 5.73 Å². The number of carbonyl (C=O) groups is 1. The van der Waals surface area contributed by atoms with Crippen molar-refractivity contribution in [3.8, 4) is 0 Å². The van der Waals surface area contributed by atoms with Gasteiger partial charge in [-0.2, -0.15) is 5.10 Å². The summed E-state index contributed by atoms with van der Waals surface area (Å²) >= 11 is 0. The molecule has 4 nitrogen and oxygen atoms in total. The smallest absolute Gasteiger partial charge is 0.140 e. The fourth-order valence-corrected chi connectivity index (χ4v) is 3.06. The molecule has 2 rings (SSSR count). The van der Waals surface area contributed by atoms with Crippen LogP contribution in [0.5, 0.6) is 0 Å². The number of nitrogens with two attached hydrogens (primary N) is 1. The van der Waals surface area contributed by atoms with E-state index in [0.717, 1.165) is 18.5 Å². The molecule has 1 fully saturated rings. The Kier molecular flexibility index (Phi) is 5.77. The maximum absolute atomic E-state index is 12.0. The summed E-state index contributed by atoms with van der Waals surface area (Å²) in [6.07, 6.45) is 11.3. The van der Waals surface area contributed by atoms with E-state index in [9.17, 15) is 4.79 Å². The van der Waals surface area contributed by atoms with Crippen LogP contribution in [-0.2, 0) is 11.2 Å². The minimum atomic E-state index is 0.00734. The second-order valence-corrected chi connectivity index (χ2v) is 6.05. The minimum Gasteiger partial charge on any atom is -0.327 e. The van der Waals surface area contributed by atoms with Crippen LogP contribution in [0.4, 0.5) is 0 Å². The Morgan fingerprint density at radius 3 is 2.90 bits per heavy atom. The first-order chi connectivity index (χ1) is 9.69. The van der Waals surface area contributed by atoms with E-state index in [1.54, 1.807) is 0 Å². The predicted molar refractivity (Wildman–Crippen MR) is 80.6 cm³/mol. The molecule has 0 aliphatic heterocycles. The highest BCUT2D eigenvalue weighted by molar-refractivity contribution is 5.80. The zero-order chi connectivity index (χ0) is 14.4. The average Bonchev–Trinajstić information content (AvgIpc) is 2.88. The molecule has 1 unspecified atom stereocenters. The molecular formula is C16H27N3O. The van der Waals surface area contributed by atoms with E-state index in [-0.39, 0.29) is 11.8 Å². The molecule has 2 N–H and O–H groups in total. The van der Waals surface area contributed by atoms with Crippen LogP contribution in [0, 0.1) is 0 Å². The van der Waals surface area contributed by atoms with Crippen molar-refractivity contribution in [2.75, 3.05) is 0 Å². The maximum atomic E-state index is 12.0. The Morgan fingerprint density at radius 1 is 1.45 bits per heavy atom. The highest BCUT2D eigenvalue weighted by Crippen LogP contribution is 2.27. The van der Waals surface area contributed by atoms with Crippen molar-refractivity contribution < 1.29 is 4.79 Å². The van der Waals surface area contributed by atoms with Crippen LogP contribution in [0.2, 0.25) is 0 Å². The first kappa shape index (κ1) is 15.2. The van der Waals surface area contributed by atoms with E-state index in [1.807, 2.05) is 12.3 Å². The molecule has 0 saturated heterocycles. The predicted octanol–water partition coefficient (Wildman–Crippen LogP) is 3.02. The van der Waals surface area contributed by atoms with Crippen molar-refractivity contribution in [2.45, 2.75) is 76.8 Å². The molecular weight excluding hydrogens is 250 g/mol. The molecule has 4 heteroatoms. The summed E-state index contributed by atoms with van der Waals surface area (Å²) in [7, 11) is 0. The first-order valence-electron chi connectivity index (χ1n) is 8.00. The lowest BCUT2D eigenvalue weighted by Gasteiger charge is -2.21. The number of hydrogen-bond donors (Lipinski definition) is 1. The number of carbonyl (C=O) groups excluding carboxylic acids is 1. The van der Waals surface area contributed by atoms with Crippen LogP contribution in [0.3, 0.4) is 0 Å². The lowest BCUT2D eigenvalue weighted by molar-refractivity contribution is -0.118. The normalized spacial score (nSPS) is 18.1. The molecule has 1 aromatic heterocycles. The summed E-state index contributed by atoms with van der Waals surface area (Å²) in [5.41, 5.74) is 6.81. The van der Waals surface area contributed by atoms with Gasteiger partial charge in [-0.05, 0) is 25.3 Å². The van der Waals surface area contributed by atoms with Crippen LogP contribution in [-0.4, -0.2) is 21.6 Å². The molecule has 1 aromatic rings. The molecule has 1 saturated carbocycles. The van der Waals surface area contributed by atoms with Crippen LogP contribution in [0.1, 0.15) is 70.0 Å². The van der Waals surface area contributed by atoms with Gasteiger partial charge in [0, 0.05) is 18.7 Å². The molecule has 0 spiro atoms. The van der Waals surface area contributed by atoms with Crippen molar-refractivity contribution in [2.24, 2.45) is 5.73 Å². The summed E-state index contributed by atoms with van der Waals surface area (Å²) in [5.74, 6) is 0.208. The molecule has 112 valence electrons. The monoisotopic (exact) mass is 277 g/mol. The Morgan fingerprint density at radius 2 is 2.20 bits per heavy atom. The highest BCUT2D eigenvalue weighted by Gasteiger charge is 2.17. The average molecular weight is 277 g/mol. The summed E-state index contributed by atoms with van der Waals surface area (Å²) in [5, 5.41) is 4.58. The SMILES string of the molecule is CCCC(N)CC(=O)Cc1ccn(C2CCCCC2)n1. The lowest BCUT2D eigenvalue weighted by atomic mass is 9.96. The third kappa shape index (κ3) is 4.44. The molecule has 1 aliphatic carbocycles. The standard InChI is InChI=1S/C16H27N3O/c1-2-6-13(17)11-16(20)12-14-9-10-19(18-14)15-7-4-3-5-8-15/h9-10,13,15H,2-8,11-12,17H2,1H3. The molecule has 0 amide bonds. The lowest BCUT2D eigenvalue weighted by Crippen LogP contribution is -2.24. The zero-order valence-corrected chi connectivity index (χ0v) is 12.6. The molecule has 1 aliphatic rings. The minimum absolute atomic E-state index is 0.00734. The molecule has 1 atom stereocenters. The number of hydrogen-bond acceptors (Lipinski definition) is 3. The van der Waals surface area contributed by atoms with Gasteiger partial charge in [0.05, 0.1) is 18.2 Å². The van der Waals surface area contributed by atoms with Crippen LogP contribution < -0.4 is 5.73 Å². The molecule has 0 bridgehead atoms. The second kappa shape index (κ2) is 7.58. The van der Waals surface area contributed by atoms with Crippen LogP contribution in [0.25, 0.3) is 0 Å². The van der Waals surface area contributed by atoms with E-state index in [0.29, 0.717) is 18.9 Å². The number of rotatable bonds is 7. The van der Waals surface area contributed by atoms with Gasteiger partial charge in [-0.15, -0.1) is 0 Å². The number of nitrogens with zero attached hydrogens (tertiary/aromatic N) is 2. The van der Waals surface area contributed by atoms with Gasteiger partial charge in [0.25, 0.3) is 0 Å². The number of Topliss-reactive ketones (excluding diaryl/α,β-unsaturated/α-hetero) is 1. The van der Waals surface area contributed by atoms with Crippen LogP contribution in [0.15, 0.2) is 12.3 Å². The molecule has 20 heavy (non-hydrogen) atoms. The fourth-order valence-electron chi connectivity index (χ4n) is 3.06. The summed E-state index contributed by atoms with van der Waals surface area (Å²) in [4.78, 5) is 12.0. The van der Waals surface area contributed by atoms with Gasteiger partial charge < -0.3 is 5.73 Å². The van der Waals surface area contributed by atoms with E-state index in [2.05, 4.69) is 16.7 Å². The number of aromatic nitrogens is 2. The van der Waals surface area contributed by atoms with E-state index < -0.39 is 0 Å². The Labute approximate surface area is 121 Å². The third-order valence-corrected chi connectivity index (χ3v) is 4.14. The Bertz CT molecular complexity index is 421. The van der Waals surface area contributed by atoms with Crippen molar-refractivity contribution >= 4 is 5.78 Å². The van der Waals surface area contributed by atoms with Gasteiger partial charge in [-0.25, -0.2) is 0 Å². The van der Waals surface area contributed by atoms with Gasteiger partial charge >= 0.3 is 0 Å². The fraction of sp³-hybridized carbons (Fsp3) is 0.750. The first-order valence-corrected chi connectivity index (χ1v) is 8.00. The van der Waals surface area contributed by atoms with E-state index in [1.165, 1.54) is 32.1 Å². The van der Waals surface area contributed by atoms with Gasteiger partial charge in [0.2, 0.25) is 0 Å². The summed E-state index contributed by atoms with van der Waals surface area (Å²) < 4.78 is 2.06. The number of ketones is 1. The molecule has 0 aromatic carbocycles. The van der Waals surface area contributed by atoms with Crippen LogP contribution >= 0.6 is 0 Å². The maximum Gasteiger partial charge on any atom is 0.140 e. The topological polar surface area (TPSA) is 60.9 Å². The highest BCUT2D eigenvalue weighted by atomic mass is 16.1. The van der Waals surface area contributed by atoms with Crippen molar-refractivity contribution in [3.63, 3.8) is 0 Å². The van der Waals surface area contributed by atoms with E-state index >= 15 is 0 Å². The van der Waals surface area contributed by atoms with Crippen molar-refractivity contribution in [3.05, 3.63) is 18.0 Å². The van der Waals surface area contributed by atoms with Gasteiger partial charge in [-0.1, -0.05) is 32.6 Å². The largest absolute Gasteiger partial charge is 0.327 e. The second-order valence-electron chi connectivity index (χ2n) is 6.05. The Balaban J connectivity index is 1.84. The summed E-state index contributed by atoms with van der Waals surface area (Å²) in [6.45, 7) is 2.09. The summed E-state index contributed by atoms with van der Waals surface area (Å²) in [6, 6.07) is 2.53.